The van der Waals surface area contributed by atoms with Crippen LogP contribution in [0.4, 0.5) is 0 Å². The van der Waals surface area contributed by atoms with E-state index in [-0.39, 0.29) is 16.4 Å². The Morgan fingerprint density at radius 1 is 1.67 bits per heavy atom. The van der Waals surface area contributed by atoms with Crippen molar-refractivity contribution in [2.75, 3.05) is 7.11 Å². The maximum atomic E-state index is 11.0. The lowest BCUT2D eigenvalue weighted by Gasteiger charge is -2.04. The van der Waals surface area contributed by atoms with Crippen LogP contribution in [0.1, 0.15) is 21.6 Å². The number of rotatable bonds is 3. The van der Waals surface area contributed by atoms with Gasteiger partial charge in [0.15, 0.2) is 0 Å². The number of methoxy groups -OCH3 is 1. The van der Waals surface area contributed by atoms with Gasteiger partial charge in [-0.05, 0) is 24.6 Å². The Balaban J connectivity index is 3.33. The third-order valence-corrected chi connectivity index (χ3v) is 1.98. The van der Waals surface area contributed by atoms with Gasteiger partial charge in [-0.3, -0.25) is 0 Å². The van der Waals surface area contributed by atoms with Crippen molar-refractivity contribution in [1.82, 2.24) is 4.98 Å². The zero-order valence-corrected chi connectivity index (χ0v) is 9.08. The smallest absolute Gasteiger partial charge is 0.338 e. The molecule has 0 bridgehead atoms. The van der Waals surface area contributed by atoms with Crippen LogP contribution in [0.3, 0.4) is 0 Å². The van der Waals surface area contributed by atoms with E-state index in [1.807, 2.05) is 0 Å². The van der Waals surface area contributed by atoms with Crippen LogP contribution in [0.15, 0.2) is 12.3 Å². The van der Waals surface area contributed by atoms with Gasteiger partial charge in [-0.15, -0.1) is 0 Å². The second-order valence-corrected chi connectivity index (χ2v) is 3.25. The lowest BCUT2D eigenvalue weighted by atomic mass is 10.1. The quantitative estimate of drug-likeness (QED) is 0.636. The van der Waals surface area contributed by atoms with Crippen molar-refractivity contribution >= 4 is 23.6 Å². The van der Waals surface area contributed by atoms with Crippen LogP contribution in [-0.2, 0) is 4.74 Å². The summed E-state index contributed by atoms with van der Waals surface area (Å²) in [6.07, 6.45) is 2.81. The van der Waals surface area contributed by atoms with E-state index < -0.39 is 5.97 Å². The summed E-state index contributed by atoms with van der Waals surface area (Å²) in [5, 5.41) is 9.24. The van der Waals surface area contributed by atoms with E-state index in [9.17, 15) is 4.79 Å². The number of carboxylic acids is 1. The molecule has 0 saturated heterocycles. The van der Waals surface area contributed by atoms with Gasteiger partial charge in [0, 0.05) is 0 Å². The Bertz CT molecular complexity index is 415. The molecule has 0 radical (unpaired) electrons. The summed E-state index contributed by atoms with van der Waals surface area (Å²) in [6, 6.07) is 1.51. The molecule has 1 aromatic rings. The molecule has 0 atom stereocenters. The Morgan fingerprint density at radius 2 is 2.33 bits per heavy atom. The molecular weight excluding hydrogens is 218 g/mol. The van der Waals surface area contributed by atoms with E-state index in [1.165, 1.54) is 25.5 Å². The zero-order valence-electron chi connectivity index (χ0n) is 8.32. The number of carboxylic acid groups (broad SMARTS) is 1. The molecule has 0 aliphatic heterocycles. The molecular formula is C10H10ClNO3. The molecule has 5 heteroatoms. The molecule has 1 rings (SSSR count). The van der Waals surface area contributed by atoms with E-state index in [4.69, 9.17) is 21.4 Å². The number of aromatic nitrogens is 1. The molecule has 0 aromatic carbocycles. The minimum absolute atomic E-state index is 0.132. The number of ether oxygens (including phenoxy) is 1. The summed E-state index contributed by atoms with van der Waals surface area (Å²) in [7, 11) is 1.47. The van der Waals surface area contributed by atoms with Gasteiger partial charge in [-0.1, -0.05) is 11.6 Å². The summed E-state index contributed by atoms with van der Waals surface area (Å²) in [6.45, 7) is 1.67. The van der Waals surface area contributed by atoms with Crippen molar-refractivity contribution < 1.29 is 14.6 Å². The van der Waals surface area contributed by atoms with Crippen molar-refractivity contribution in [2.45, 2.75) is 6.92 Å². The standard InChI is InChI=1S/C10H10ClNO3/c1-6-5-8(11)12-7(3-4-15-2)9(6)10(13)14/h3-5H,1-2H3,(H,13,14)/b4-3+. The lowest BCUT2D eigenvalue weighted by molar-refractivity contribution is 0.0695. The highest BCUT2D eigenvalue weighted by atomic mass is 35.5. The molecule has 80 valence electrons. The Hall–Kier alpha value is -1.55. The normalized spacial score (nSPS) is 10.6. The van der Waals surface area contributed by atoms with Gasteiger partial charge in [0.25, 0.3) is 0 Å². The minimum Gasteiger partial charge on any atom is -0.504 e. The number of carbonyl (C=O) groups is 1. The van der Waals surface area contributed by atoms with Crippen LogP contribution < -0.4 is 0 Å². The predicted octanol–water partition coefficient (Wildman–Crippen LogP) is 2.36. The monoisotopic (exact) mass is 227 g/mol. The van der Waals surface area contributed by atoms with Gasteiger partial charge < -0.3 is 9.84 Å². The molecule has 0 unspecified atom stereocenters. The number of aromatic carboxylic acids is 1. The van der Waals surface area contributed by atoms with E-state index in [0.717, 1.165) is 0 Å². The highest BCUT2D eigenvalue weighted by Crippen LogP contribution is 2.18. The number of halogens is 1. The summed E-state index contributed by atoms with van der Waals surface area (Å²) in [5.41, 5.74) is 0.986. The summed E-state index contributed by atoms with van der Waals surface area (Å²) < 4.78 is 4.70. The summed E-state index contributed by atoms with van der Waals surface area (Å²) >= 11 is 5.73. The van der Waals surface area contributed by atoms with E-state index in [1.54, 1.807) is 6.92 Å². The first-order valence-electron chi connectivity index (χ1n) is 4.16. The number of hydrogen-bond acceptors (Lipinski definition) is 3. The van der Waals surface area contributed by atoms with E-state index in [0.29, 0.717) is 5.56 Å². The average Bonchev–Trinajstić information content (AvgIpc) is 2.12. The summed E-state index contributed by atoms with van der Waals surface area (Å²) in [5.74, 6) is -1.03. The number of hydrogen-bond donors (Lipinski definition) is 1. The van der Waals surface area contributed by atoms with Gasteiger partial charge in [-0.25, -0.2) is 9.78 Å². The molecule has 1 N–H and O–H groups in total. The van der Waals surface area contributed by atoms with Crippen LogP contribution in [0, 0.1) is 6.92 Å². The third kappa shape index (κ3) is 2.70. The van der Waals surface area contributed by atoms with Crippen molar-refractivity contribution in [2.24, 2.45) is 0 Å². The first-order chi connectivity index (χ1) is 7.06. The lowest BCUT2D eigenvalue weighted by Crippen LogP contribution is -2.05. The highest BCUT2D eigenvalue weighted by molar-refractivity contribution is 6.29. The van der Waals surface area contributed by atoms with Crippen LogP contribution >= 0.6 is 11.6 Å². The molecule has 0 aliphatic rings. The van der Waals surface area contributed by atoms with Crippen molar-refractivity contribution in [3.63, 3.8) is 0 Å². The zero-order chi connectivity index (χ0) is 11.4. The minimum atomic E-state index is -1.03. The fraction of sp³-hybridized carbons (Fsp3) is 0.200. The molecule has 4 nitrogen and oxygen atoms in total. The number of aryl methyl sites for hydroxylation is 1. The Kier molecular flexibility index (Phi) is 3.68. The summed E-state index contributed by atoms with van der Waals surface area (Å²) in [4.78, 5) is 14.9. The molecule has 0 saturated carbocycles. The maximum Gasteiger partial charge on any atom is 0.338 e. The van der Waals surface area contributed by atoms with E-state index in [2.05, 4.69) is 4.98 Å². The fourth-order valence-electron chi connectivity index (χ4n) is 1.19. The Morgan fingerprint density at radius 3 is 2.87 bits per heavy atom. The average molecular weight is 228 g/mol. The van der Waals surface area contributed by atoms with Gasteiger partial charge in [0.2, 0.25) is 0 Å². The van der Waals surface area contributed by atoms with Crippen LogP contribution in [0.5, 0.6) is 0 Å². The van der Waals surface area contributed by atoms with Gasteiger partial charge in [0.1, 0.15) is 5.15 Å². The first kappa shape index (κ1) is 11.5. The maximum absolute atomic E-state index is 11.0. The molecule has 0 amide bonds. The highest BCUT2D eigenvalue weighted by Gasteiger charge is 2.13. The van der Waals surface area contributed by atoms with Crippen molar-refractivity contribution in [3.8, 4) is 0 Å². The molecule has 1 heterocycles. The fourth-order valence-corrected chi connectivity index (χ4v) is 1.44. The van der Waals surface area contributed by atoms with Crippen molar-refractivity contribution in [3.05, 3.63) is 34.3 Å². The second kappa shape index (κ2) is 4.79. The molecule has 0 spiro atoms. The largest absolute Gasteiger partial charge is 0.504 e. The van der Waals surface area contributed by atoms with E-state index >= 15 is 0 Å². The molecule has 0 fully saturated rings. The van der Waals surface area contributed by atoms with Gasteiger partial charge in [-0.2, -0.15) is 0 Å². The predicted molar refractivity (Wildman–Crippen MR) is 57.0 cm³/mol. The molecule has 0 aliphatic carbocycles. The first-order valence-corrected chi connectivity index (χ1v) is 4.54. The third-order valence-electron chi connectivity index (χ3n) is 1.79. The van der Waals surface area contributed by atoms with Crippen molar-refractivity contribution in [1.29, 1.82) is 0 Å². The number of pyridine rings is 1. The van der Waals surface area contributed by atoms with Gasteiger partial charge >= 0.3 is 5.97 Å². The van der Waals surface area contributed by atoms with Crippen LogP contribution in [0.25, 0.3) is 6.08 Å². The topological polar surface area (TPSA) is 59.4 Å². The number of nitrogens with zero attached hydrogens (tertiary/aromatic N) is 1. The Labute approximate surface area is 92.2 Å². The second-order valence-electron chi connectivity index (χ2n) is 2.87. The van der Waals surface area contributed by atoms with Crippen LogP contribution in [0.2, 0.25) is 5.15 Å². The van der Waals surface area contributed by atoms with Crippen LogP contribution in [-0.4, -0.2) is 23.2 Å². The SMILES string of the molecule is CO/C=C/c1nc(Cl)cc(C)c1C(=O)O. The molecule has 1 aromatic heterocycles. The van der Waals surface area contributed by atoms with Gasteiger partial charge in [0.05, 0.1) is 24.6 Å². The molecule has 15 heavy (non-hydrogen) atoms.